The first-order chi connectivity index (χ1) is 11.1. The number of benzene rings is 1. The zero-order valence-electron chi connectivity index (χ0n) is 13.1. The molecule has 0 radical (unpaired) electrons. The SMILES string of the molecule is NC1CC12CC(NC(=O)C1(c3nccc4ccccc34)CC1)C2. The fraction of sp³-hybridized carbons (Fsp3) is 0.474. The fourth-order valence-electron chi connectivity index (χ4n) is 4.39. The Morgan fingerprint density at radius 2 is 1.91 bits per heavy atom. The lowest BCUT2D eigenvalue weighted by Crippen LogP contribution is -2.50. The number of nitrogens with zero attached hydrogens (tertiary/aromatic N) is 1. The van der Waals surface area contributed by atoms with Crippen LogP contribution < -0.4 is 11.1 Å². The molecule has 1 aromatic carbocycles. The number of pyridine rings is 1. The van der Waals surface area contributed by atoms with Gasteiger partial charge >= 0.3 is 0 Å². The summed E-state index contributed by atoms with van der Waals surface area (Å²) < 4.78 is 0. The molecule has 3 aliphatic carbocycles. The summed E-state index contributed by atoms with van der Waals surface area (Å²) in [7, 11) is 0. The molecule has 23 heavy (non-hydrogen) atoms. The summed E-state index contributed by atoms with van der Waals surface area (Å²) in [5.41, 5.74) is 6.89. The van der Waals surface area contributed by atoms with Crippen molar-refractivity contribution in [3.8, 4) is 0 Å². The van der Waals surface area contributed by atoms with Gasteiger partial charge in [-0.05, 0) is 49.0 Å². The van der Waals surface area contributed by atoms with Crippen molar-refractivity contribution in [2.75, 3.05) is 0 Å². The van der Waals surface area contributed by atoms with Gasteiger partial charge < -0.3 is 11.1 Å². The van der Waals surface area contributed by atoms with Crippen LogP contribution in [0.15, 0.2) is 36.5 Å². The van der Waals surface area contributed by atoms with Crippen molar-refractivity contribution in [1.82, 2.24) is 10.3 Å². The molecule has 118 valence electrons. The third kappa shape index (κ3) is 1.88. The molecule has 1 heterocycles. The first kappa shape index (κ1) is 13.5. The number of carbonyl (C=O) groups is 1. The smallest absolute Gasteiger partial charge is 0.232 e. The van der Waals surface area contributed by atoms with Crippen LogP contribution >= 0.6 is 0 Å². The minimum absolute atomic E-state index is 0.162. The predicted octanol–water partition coefficient (Wildman–Crippen LogP) is 2.26. The van der Waals surface area contributed by atoms with Gasteiger partial charge in [0.15, 0.2) is 0 Å². The summed E-state index contributed by atoms with van der Waals surface area (Å²) in [4.78, 5) is 17.5. The van der Waals surface area contributed by atoms with E-state index in [0.29, 0.717) is 17.5 Å². The molecule has 5 rings (SSSR count). The number of nitrogens with one attached hydrogen (secondary N) is 1. The van der Waals surface area contributed by atoms with Crippen molar-refractivity contribution in [1.29, 1.82) is 0 Å². The van der Waals surface area contributed by atoms with Gasteiger partial charge in [0.1, 0.15) is 0 Å². The lowest BCUT2D eigenvalue weighted by molar-refractivity contribution is -0.125. The molecule has 3 aliphatic rings. The van der Waals surface area contributed by atoms with Crippen molar-refractivity contribution in [2.45, 2.75) is 49.6 Å². The van der Waals surface area contributed by atoms with Gasteiger partial charge in [-0.3, -0.25) is 9.78 Å². The Morgan fingerprint density at radius 3 is 2.61 bits per heavy atom. The van der Waals surface area contributed by atoms with Crippen molar-refractivity contribution >= 4 is 16.7 Å². The van der Waals surface area contributed by atoms with Crippen LogP contribution in [0.2, 0.25) is 0 Å². The van der Waals surface area contributed by atoms with Gasteiger partial charge in [-0.2, -0.15) is 0 Å². The lowest BCUT2D eigenvalue weighted by atomic mass is 9.76. The van der Waals surface area contributed by atoms with Gasteiger partial charge in [0.2, 0.25) is 5.91 Å². The van der Waals surface area contributed by atoms with E-state index >= 15 is 0 Å². The molecular weight excluding hydrogens is 286 g/mol. The number of nitrogens with two attached hydrogens (primary N) is 1. The largest absolute Gasteiger partial charge is 0.353 e. The number of hydrogen-bond acceptors (Lipinski definition) is 3. The van der Waals surface area contributed by atoms with Crippen LogP contribution in [0.3, 0.4) is 0 Å². The zero-order valence-corrected chi connectivity index (χ0v) is 13.1. The molecular formula is C19H21N3O. The molecule has 0 saturated heterocycles. The van der Waals surface area contributed by atoms with Crippen molar-refractivity contribution in [2.24, 2.45) is 11.1 Å². The molecule has 1 spiro atoms. The van der Waals surface area contributed by atoms with E-state index in [4.69, 9.17) is 5.73 Å². The molecule has 1 aromatic heterocycles. The Hall–Kier alpha value is -1.94. The van der Waals surface area contributed by atoms with E-state index < -0.39 is 5.41 Å². The third-order valence-corrected chi connectivity index (χ3v) is 6.21. The molecule has 1 atom stereocenters. The summed E-state index contributed by atoms with van der Waals surface area (Å²) in [5.74, 6) is 0.162. The number of carbonyl (C=O) groups excluding carboxylic acids is 1. The molecule has 3 fully saturated rings. The summed E-state index contributed by atoms with van der Waals surface area (Å²) in [6, 6.07) is 10.9. The highest BCUT2D eigenvalue weighted by Gasteiger charge is 2.61. The average molecular weight is 307 g/mol. The average Bonchev–Trinajstić information content (AvgIpc) is 3.43. The van der Waals surface area contributed by atoms with Crippen LogP contribution in [0.25, 0.3) is 10.8 Å². The molecule has 1 amide bonds. The van der Waals surface area contributed by atoms with E-state index in [9.17, 15) is 4.79 Å². The minimum atomic E-state index is -0.407. The van der Waals surface area contributed by atoms with Crippen LogP contribution in [0, 0.1) is 5.41 Å². The number of aromatic nitrogens is 1. The van der Waals surface area contributed by atoms with Crippen molar-refractivity contribution in [3.05, 3.63) is 42.2 Å². The minimum Gasteiger partial charge on any atom is -0.353 e. The highest BCUT2D eigenvalue weighted by Crippen LogP contribution is 2.60. The quantitative estimate of drug-likeness (QED) is 0.914. The normalized spacial score (nSPS) is 33.3. The maximum absolute atomic E-state index is 12.9. The van der Waals surface area contributed by atoms with E-state index in [0.717, 1.165) is 48.6 Å². The summed E-state index contributed by atoms with van der Waals surface area (Å²) >= 11 is 0. The van der Waals surface area contributed by atoms with Gasteiger partial charge in [-0.1, -0.05) is 24.3 Å². The molecule has 0 bridgehead atoms. The number of hydrogen-bond donors (Lipinski definition) is 2. The summed E-state index contributed by atoms with van der Waals surface area (Å²) in [6.07, 6.45) is 6.87. The van der Waals surface area contributed by atoms with Crippen LogP contribution in [0.1, 0.15) is 37.8 Å². The second kappa shape index (κ2) is 4.32. The van der Waals surface area contributed by atoms with Gasteiger partial charge in [-0.25, -0.2) is 0 Å². The highest BCUT2D eigenvalue weighted by atomic mass is 16.2. The standard InChI is InChI=1S/C19H21N3O/c20-15-11-18(15)9-13(10-18)22-17(23)19(6-7-19)16-14-4-2-1-3-12(14)5-8-21-16/h1-5,8,13,15H,6-7,9-11,20H2,(H,22,23). The molecule has 4 nitrogen and oxygen atoms in total. The fourth-order valence-corrected chi connectivity index (χ4v) is 4.39. The summed E-state index contributed by atoms with van der Waals surface area (Å²) in [5, 5.41) is 5.53. The van der Waals surface area contributed by atoms with Gasteiger partial charge in [0, 0.05) is 23.7 Å². The van der Waals surface area contributed by atoms with E-state index in [1.165, 1.54) is 0 Å². The molecule has 4 heteroatoms. The number of fused-ring (bicyclic) bond motifs is 1. The Bertz CT molecular complexity index is 800. The molecule has 2 aromatic rings. The molecule has 0 aliphatic heterocycles. The van der Waals surface area contributed by atoms with Crippen LogP contribution in [-0.4, -0.2) is 23.0 Å². The number of rotatable bonds is 3. The van der Waals surface area contributed by atoms with Crippen LogP contribution in [-0.2, 0) is 10.2 Å². The Morgan fingerprint density at radius 1 is 1.17 bits per heavy atom. The van der Waals surface area contributed by atoms with E-state index in [2.05, 4.69) is 22.4 Å². The van der Waals surface area contributed by atoms with Crippen LogP contribution in [0.5, 0.6) is 0 Å². The highest BCUT2D eigenvalue weighted by molar-refractivity contribution is 5.97. The van der Waals surface area contributed by atoms with E-state index in [1.807, 2.05) is 24.4 Å². The molecule has 1 unspecified atom stereocenters. The lowest BCUT2D eigenvalue weighted by Gasteiger charge is -2.37. The van der Waals surface area contributed by atoms with Crippen molar-refractivity contribution < 1.29 is 4.79 Å². The van der Waals surface area contributed by atoms with Gasteiger partial charge in [-0.15, -0.1) is 0 Å². The predicted molar refractivity (Wildman–Crippen MR) is 88.8 cm³/mol. The Labute approximate surface area is 135 Å². The van der Waals surface area contributed by atoms with Gasteiger partial charge in [0.25, 0.3) is 0 Å². The van der Waals surface area contributed by atoms with E-state index in [-0.39, 0.29) is 5.91 Å². The zero-order chi connectivity index (χ0) is 15.7. The monoisotopic (exact) mass is 307 g/mol. The van der Waals surface area contributed by atoms with Crippen molar-refractivity contribution in [3.63, 3.8) is 0 Å². The first-order valence-electron chi connectivity index (χ1n) is 8.54. The second-order valence-corrected chi connectivity index (χ2v) is 7.71. The van der Waals surface area contributed by atoms with Crippen LogP contribution in [0.4, 0.5) is 0 Å². The Kier molecular flexibility index (Phi) is 2.54. The number of amides is 1. The third-order valence-electron chi connectivity index (χ3n) is 6.21. The maximum Gasteiger partial charge on any atom is 0.232 e. The second-order valence-electron chi connectivity index (χ2n) is 7.71. The maximum atomic E-state index is 12.9. The topological polar surface area (TPSA) is 68.0 Å². The molecule has 3 saturated carbocycles. The molecule has 3 N–H and O–H groups in total. The van der Waals surface area contributed by atoms with E-state index in [1.54, 1.807) is 0 Å². The summed E-state index contributed by atoms with van der Waals surface area (Å²) in [6.45, 7) is 0. The van der Waals surface area contributed by atoms with Gasteiger partial charge in [0.05, 0.1) is 11.1 Å². The Balaban J connectivity index is 1.40. The first-order valence-corrected chi connectivity index (χ1v) is 8.54.